The lowest BCUT2D eigenvalue weighted by atomic mass is 10.1. The Morgan fingerprint density at radius 2 is 1.91 bits per heavy atom. The minimum atomic E-state index is -1.41. The zero-order valence-electron chi connectivity index (χ0n) is 15.2. The summed E-state index contributed by atoms with van der Waals surface area (Å²) >= 11 is 0. The SMILES string of the molecule is COc1cc(C#C[Si](C)(C)C)ccc1CNC(=O)OC(C)(C)C. The summed E-state index contributed by atoms with van der Waals surface area (Å²) in [4.78, 5) is 11.7. The van der Waals surface area contributed by atoms with Crippen LogP contribution in [-0.2, 0) is 11.3 Å². The molecule has 0 aliphatic rings. The zero-order chi connectivity index (χ0) is 17.7. The van der Waals surface area contributed by atoms with Gasteiger partial charge in [-0.2, -0.15) is 0 Å². The number of amides is 1. The molecule has 1 aromatic rings. The van der Waals surface area contributed by atoms with Gasteiger partial charge < -0.3 is 14.8 Å². The van der Waals surface area contributed by atoms with Gasteiger partial charge in [0, 0.05) is 17.7 Å². The summed E-state index contributed by atoms with van der Waals surface area (Å²) in [7, 11) is 0.203. The summed E-state index contributed by atoms with van der Waals surface area (Å²) < 4.78 is 10.6. The number of hydrogen-bond acceptors (Lipinski definition) is 3. The first-order valence-electron chi connectivity index (χ1n) is 7.67. The molecule has 0 fully saturated rings. The average Bonchev–Trinajstić information content (AvgIpc) is 2.40. The number of benzene rings is 1. The van der Waals surface area contributed by atoms with E-state index >= 15 is 0 Å². The quantitative estimate of drug-likeness (QED) is 0.673. The molecule has 126 valence electrons. The summed E-state index contributed by atoms with van der Waals surface area (Å²) in [5.74, 6) is 3.91. The van der Waals surface area contributed by atoms with E-state index in [9.17, 15) is 4.79 Å². The second kappa shape index (κ2) is 7.56. The Labute approximate surface area is 140 Å². The van der Waals surface area contributed by atoms with Gasteiger partial charge in [0.25, 0.3) is 0 Å². The van der Waals surface area contributed by atoms with Crippen molar-refractivity contribution in [2.75, 3.05) is 7.11 Å². The van der Waals surface area contributed by atoms with E-state index in [0.717, 1.165) is 11.1 Å². The molecule has 5 heteroatoms. The van der Waals surface area contributed by atoms with E-state index in [-0.39, 0.29) is 0 Å². The molecule has 0 bridgehead atoms. The molecule has 0 aliphatic carbocycles. The molecule has 0 radical (unpaired) electrons. The highest BCUT2D eigenvalue weighted by Gasteiger charge is 2.16. The number of alkyl carbamates (subject to hydrolysis) is 1. The minimum Gasteiger partial charge on any atom is -0.496 e. The topological polar surface area (TPSA) is 47.6 Å². The van der Waals surface area contributed by atoms with Gasteiger partial charge in [-0.15, -0.1) is 5.54 Å². The molecule has 0 saturated carbocycles. The van der Waals surface area contributed by atoms with Crippen LogP contribution in [0, 0.1) is 11.5 Å². The highest BCUT2D eigenvalue weighted by molar-refractivity contribution is 6.83. The summed E-state index contributed by atoms with van der Waals surface area (Å²) in [6.45, 7) is 12.5. The van der Waals surface area contributed by atoms with Crippen molar-refractivity contribution in [2.24, 2.45) is 0 Å². The predicted molar refractivity (Wildman–Crippen MR) is 96.3 cm³/mol. The number of methoxy groups -OCH3 is 1. The molecule has 4 nitrogen and oxygen atoms in total. The van der Waals surface area contributed by atoms with E-state index in [2.05, 4.69) is 36.4 Å². The first-order valence-corrected chi connectivity index (χ1v) is 11.2. The Bertz CT molecular complexity index is 616. The monoisotopic (exact) mass is 333 g/mol. The maximum absolute atomic E-state index is 11.7. The van der Waals surface area contributed by atoms with Gasteiger partial charge in [0.15, 0.2) is 0 Å². The Balaban J connectivity index is 2.81. The third kappa shape index (κ3) is 7.75. The predicted octanol–water partition coefficient (Wildman–Crippen LogP) is 3.95. The molecule has 1 rings (SSSR count). The number of rotatable bonds is 3. The van der Waals surface area contributed by atoms with Gasteiger partial charge in [-0.25, -0.2) is 4.79 Å². The van der Waals surface area contributed by atoms with Gasteiger partial charge in [0.1, 0.15) is 19.4 Å². The lowest BCUT2D eigenvalue weighted by Gasteiger charge is -2.20. The molecule has 0 heterocycles. The van der Waals surface area contributed by atoms with Gasteiger partial charge in [0.2, 0.25) is 0 Å². The van der Waals surface area contributed by atoms with Crippen molar-refractivity contribution in [3.63, 3.8) is 0 Å². The molecule has 23 heavy (non-hydrogen) atoms. The van der Waals surface area contributed by atoms with E-state index in [0.29, 0.717) is 12.3 Å². The second-order valence-electron chi connectivity index (χ2n) is 7.38. The molecule has 0 aliphatic heterocycles. The summed E-state index contributed by atoms with van der Waals surface area (Å²) in [6, 6.07) is 5.77. The van der Waals surface area contributed by atoms with Crippen molar-refractivity contribution in [1.82, 2.24) is 5.32 Å². The standard InChI is InChI=1S/C18H27NO3Si/c1-18(2,3)22-17(20)19-13-15-9-8-14(12-16(15)21-4)10-11-23(5,6)7/h8-9,12H,13H2,1-7H3,(H,19,20). The van der Waals surface area contributed by atoms with Crippen LogP contribution < -0.4 is 10.1 Å². The number of carbonyl (C=O) groups is 1. The molecule has 1 amide bonds. The van der Waals surface area contributed by atoms with Crippen LogP contribution in [0.4, 0.5) is 4.79 Å². The van der Waals surface area contributed by atoms with E-state index in [1.54, 1.807) is 7.11 Å². The Morgan fingerprint density at radius 1 is 1.26 bits per heavy atom. The first kappa shape index (κ1) is 19.1. The van der Waals surface area contributed by atoms with Crippen LogP contribution in [0.15, 0.2) is 18.2 Å². The van der Waals surface area contributed by atoms with Crippen molar-refractivity contribution >= 4 is 14.2 Å². The fourth-order valence-corrected chi connectivity index (χ4v) is 2.23. The summed E-state index contributed by atoms with van der Waals surface area (Å²) in [5, 5.41) is 2.74. The van der Waals surface area contributed by atoms with E-state index < -0.39 is 19.8 Å². The third-order valence-corrected chi connectivity index (χ3v) is 3.57. The largest absolute Gasteiger partial charge is 0.496 e. The maximum atomic E-state index is 11.7. The van der Waals surface area contributed by atoms with Gasteiger partial charge in [-0.3, -0.25) is 0 Å². The highest BCUT2D eigenvalue weighted by atomic mass is 28.3. The highest BCUT2D eigenvalue weighted by Crippen LogP contribution is 2.20. The van der Waals surface area contributed by atoms with E-state index in [1.807, 2.05) is 39.0 Å². The Kier molecular flexibility index (Phi) is 6.28. The van der Waals surface area contributed by atoms with Crippen LogP contribution in [-0.4, -0.2) is 26.9 Å². The lowest BCUT2D eigenvalue weighted by molar-refractivity contribution is 0.0523. The van der Waals surface area contributed by atoms with Gasteiger partial charge in [-0.05, 0) is 32.9 Å². The van der Waals surface area contributed by atoms with Gasteiger partial charge >= 0.3 is 6.09 Å². The van der Waals surface area contributed by atoms with E-state index in [4.69, 9.17) is 9.47 Å². The van der Waals surface area contributed by atoms with Crippen LogP contribution >= 0.6 is 0 Å². The van der Waals surface area contributed by atoms with Crippen molar-refractivity contribution in [2.45, 2.75) is 52.6 Å². The summed E-state index contributed by atoms with van der Waals surface area (Å²) in [5.41, 5.74) is 4.63. The molecule has 0 saturated heterocycles. The minimum absolute atomic E-state index is 0.347. The van der Waals surface area contributed by atoms with Crippen LogP contribution in [0.5, 0.6) is 5.75 Å². The first-order chi connectivity index (χ1) is 10.5. The zero-order valence-corrected chi connectivity index (χ0v) is 16.2. The molecular formula is C18H27NO3Si. The number of nitrogens with one attached hydrogen (secondary N) is 1. The Hall–Kier alpha value is -1.93. The summed E-state index contributed by atoms with van der Waals surface area (Å²) in [6.07, 6.45) is -0.442. The number of hydrogen-bond donors (Lipinski definition) is 1. The smallest absolute Gasteiger partial charge is 0.407 e. The van der Waals surface area contributed by atoms with E-state index in [1.165, 1.54) is 0 Å². The van der Waals surface area contributed by atoms with Crippen molar-refractivity contribution in [3.8, 4) is 17.2 Å². The van der Waals surface area contributed by atoms with Crippen molar-refractivity contribution in [3.05, 3.63) is 29.3 Å². The van der Waals surface area contributed by atoms with Crippen LogP contribution in [0.1, 0.15) is 31.9 Å². The third-order valence-electron chi connectivity index (χ3n) is 2.69. The molecule has 0 unspecified atom stereocenters. The van der Waals surface area contributed by atoms with Crippen LogP contribution in [0.25, 0.3) is 0 Å². The second-order valence-corrected chi connectivity index (χ2v) is 12.1. The molecule has 1 N–H and O–H groups in total. The number of carbonyl (C=O) groups excluding carboxylic acids is 1. The van der Waals surface area contributed by atoms with Gasteiger partial charge in [-0.1, -0.05) is 31.6 Å². The fraction of sp³-hybridized carbons (Fsp3) is 0.500. The fourth-order valence-electron chi connectivity index (χ4n) is 1.71. The molecule has 0 atom stereocenters. The average molecular weight is 334 g/mol. The maximum Gasteiger partial charge on any atom is 0.407 e. The molecular weight excluding hydrogens is 306 g/mol. The van der Waals surface area contributed by atoms with Crippen LogP contribution in [0.2, 0.25) is 19.6 Å². The van der Waals surface area contributed by atoms with Crippen LogP contribution in [0.3, 0.4) is 0 Å². The van der Waals surface area contributed by atoms with Crippen molar-refractivity contribution in [1.29, 1.82) is 0 Å². The Morgan fingerprint density at radius 3 is 2.43 bits per heavy atom. The molecule has 0 spiro atoms. The normalized spacial score (nSPS) is 11.3. The number of ether oxygens (including phenoxy) is 2. The lowest BCUT2D eigenvalue weighted by Crippen LogP contribution is -2.32. The van der Waals surface area contributed by atoms with Crippen molar-refractivity contribution < 1.29 is 14.3 Å². The molecule has 0 aromatic heterocycles. The van der Waals surface area contributed by atoms with Gasteiger partial charge in [0.05, 0.1) is 7.11 Å². The molecule has 1 aromatic carbocycles.